The Morgan fingerprint density at radius 1 is 0.636 bits per heavy atom. The maximum Gasteiger partial charge on any atom is 0.400 e. The van der Waals surface area contributed by atoms with Crippen molar-refractivity contribution in [3.63, 3.8) is 0 Å². The molecule has 8 heteroatoms. The minimum atomic E-state index is -3.64. The highest BCUT2D eigenvalue weighted by atomic mass is 19.3. The van der Waals surface area contributed by atoms with Crippen LogP contribution in [0.15, 0.2) is 24.3 Å². The molecule has 0 heterocycles. The van der Waals surface area contributed by atoms with Crippen LogP contribution >= 0.6 is 0 Å². The summed E-state index contributed by atoms with van der Waals surface area (Å²) in [5.74, 6) is -6.32. The smallest absolute Gasteiger partial charge is 0.400 e. The fraction of sp³-hybridized carbons (Fsp3) is 0.667. The predicted molar refractivity (Wildman–Crippen MR) is 157 cm³/mol. The normalized spacial score (nSPS) is 28.2. The third kappa shape index (κ3) is 7.75. The molecule has 0 spiro atoms. The van der Waals surface area contributed by atoms with Gasteiger partial charge in [0, 0.05) is 17.7 Å². The highest BCUT2D eigenvalue weighted by Crippen LogP contribution is 2.48. The van der Waals surface area contributed by atoms with Crippen LogP contribution < -0.4 is 4.74 Å². The van der Waals surface area contributed by atoms with Crippen molar-refractivity contribution in [1.82, 2.24) is 0 Å². The number of rotatable bonds is 10. The van der Waals surface area contributed by atoms with Gasteiger partial charge < -0.3 is 4.74 Å². The molecule has 2 aromatic rings. The Hall–Kier alpha value is -2.25. The summed E-state index contributed by atoms with van der Waals surface area (Å²) >= 11 is 0. The molecule has 2 aromatic carbocycles. The third-order valence-corrected chi connectivity index (χ3v) is 10.9. The van der Waals surface area contributed by atoms with E-state index < -0.39 is 46.9 Å². The van der Waals surface area contributed by atoms with E-state index in [0.29, 0.717) is 43.7 Å². The average Bonchev–Trinajstić information content (AvgIpc) is 3.00. The van der Waals surface area contributed by atoms with E-state index in [0.717, 1.165) is 50.0 Å². The van der Waals surface area contributed by atoms with Crippen LogP contribution in [0.1, 0.15) is 133 Å². The third-order valence-electron chi connectivity index (χ3n) is 10.9. The van der Waals surface area contributed by atoms with E-state index in [4.69, 9.17) is 0 Å². The van der Waals surface area contributed by atoms with Crippen molar-refractivity contribution < 1.29 is 35.5 Å². The molecule has 0 saturated heterocycles. The summed E-state index contributed by atoms with van der Waals surface area (Å²) in [7, 11) is 0. The second-order valence-electron chi connectivity index (χ2n) is 13.7. The van der Waals surface area contributed by atoms with E-state index in [-0.39, 0.29) is 36.2 Å². The maximum atomic E-state index is 15.4. The molecule has 3 fully saturated rings. The Kier molecular flexibility index (Phi) is 10.9. The van der Waals surface area contributed by atoms with Gasteiger partial charge in [-0.2, -0.15) is 8.78 Å². The Balaban J connectivity index is 1.10. The predicted octanol–water partition coefficient (Wildman–Crippen LogP) is 12.0. The molecule has 3 aliphatic rings. The van der Waals surface area contributed by atoms with Gasteiger partial charge in [0.2, 0.25) is 0 Å². The number of alkyl halides is 2. The standard InChI is InChI=1S/C36H45F7O/c1-2-3-4-5-22-6-8-25(9-7-22)27-18-30(37)34(31(38)19-27)26-12-10-23(11-13-26)24-14-16-28(17-15-24)36(42,43)44-29-20-32(39)35(41)33(40)21-29/h18-26,28H,2-17H2,1H3. The molecule has 1 nitrogen and oxygen atoms in total. The fourth-order valence-electron chi connectivity index (χ4n) is 8.33. The first-order valence-electron chi connectivity index (χ1n) is 16.8. The number of hydrogen-bond donors (Lipinski definition) is 0. The van der Waals surface area contributed by atoms with Gasteiger partial charge in [-0.1, -0.05) is 32.6 Å². The largest absolute Gasteiger partial charge is 0.432 e. The topological polar surface area (TPSA) is 9.23 Å². The summed E-state index contributed by atoms with van der Waals surface area (Å²) in [6.45, 7) is 2.21. The average molecular weight is 627 g/mol. The summed E-state index contributed by atoms with van der Waals surface area (Å²) in [6.07, 6.45) is 10.0. The summed E-state index contributed by atoms with van der Waals surface area (Å²) in [5.41, 5.74) is 0.992. The maximum absolute atomic E-state index is 15.4. The zero-order valence-electron chi connectivity index (χ0n) is 25.6. The van der Waals surface area contributed by atoms with Crippen molar-refractivity contribution in [2.45, 2.75) is 128 Å². The van der Waals surface area contributed by atoms with Crippen LogP contribution in [0.3, 0.4) is 0 Å². The summed E-state index contributed by atoms with van der Waals surface area (Å²) < 4.78 is 105. The quantitative estimate of drug-likeness (QED) is 0.145. The van der Waals surface area contributed by atoms with E-state index in [2.05, 4.69) is 11.7 Å². The highest BCUT2D eigenvalue weighted by Gasteiger charge is 2.45. The Morgan fingerprint density at radius 2 is 1.16 bits per heavy atom. The van der Waals surface area contributed by atoms with Crippen LogP contribution in [0.4, 0.5) is 30.7 Å². The molecule has 0 radical (unpaired) electrons. The first-order valence-corrected chi connectivity index (χ1v) is 16.8. The lowest BCUT2D eigenvalue weighted by Crippen LogP contribution is -2.38. The van der Waals surface area contributed by atoms with Gasteiger partial charge in [-0.25, -0.2) is 22.0 Å². The van der Waals surface area contributed by atoms with E-state index >= 15 is 8.78 Å². The van der Waals surface area contributed by atoms with Gasteiger partial charge in [-0.05, 0) is 124 Å². The number of hydrogen-bond acceptors (Lipinski definition) is 1. The Labute approximate surface area is 257 Å². The Bertz CT molecular complexity index is 1190. The van der Waals surface area contributed by atoms with Crippen molar-refractivity contribution in [1.29, 1.82) is 0 Å². The van der Waals surface area contributed by atoms with Crippen molar-refractivity contribution in [2.24, 2.45) is 23.7 Å². The van der Waals surface area contributed by atoms with E-state index in [9.17, 15) is 22.0 Å². The molecule has 0 bridgehead atoms. The van der Waals surface area contributed by atoms with Crippen LogP contribution in [-0.4, -0.2) is 6.11 Å². The molecule has 44 heavy (non-hydrogen) atoms. The second kappa shape index (κ2) is 14.5. The fourth-order valence-corrected chi connectivity index (χ4v) is 8.33. The van der Waals surface area contributed by atoms with E-state index in [1.165, 1.54) is 25.7 Å². The van der Waals surface area contributed by atoms with Crippen molar-refractivity contribution in [2.75, 3.05) is 0 Å². The first kappa shape index (κ1) is 33.1. The summed E-state index contributed by atoms with van der Waals surface area (Å²) in [4.78, 5) is 0. The molecule has 3 saturated carbocycles. The highest BCUT2D eigenvalue weighted by molar-refractivity contribution is 5.32. The van der Waals surface area contributed by atoms with Crippen molar-refractivity contribution >= 4 is 0 Å². The van der Waals surface area contributed by atoms with Gasteiger partial charge in [0.15, 0.2) is 17.5 Å². The van der Waals surface area contributed by atoms with Crippen molar-refractivity contribution in [3.8, 4) is 5.75 Å². The number of ether oxygens (including phenoxy) is 1. The molecule has 0 atom stereocenters. The molecule has 0 aromatic heterocycles. The zero-order valence-corrected chi connectivity index (χ0v) is 25.6. The molecular formula is C36H45F7O. The molecule has 3 aliphatic carbocycles. The molecular weight excluding hydrogens is 581 g/mol. The summed E-state index contributed by atoms with van der Waals surface area (Å²) in [5, 5.41) is 0. The molecule has 0 unspecified atom stereocenters. The lowest BCUT2D eigenvalue weighted by Gasteiger charge is -2.39. The van der Waals surface area contributed by atoms with Crippen LogP contribution in [0.2, 0.25) is 0 Å². The molecule has 244 valence electrons. The Morgan fingerprint density at radius 3 is 1.70 bits per heavy atom. The first-order chi connectivity index (χ1) is 21.1. The van der Waals surface area contributed by atoms with Crippen LogP contribution in [0.25, 0.3) is 0 Å². The molecule has 0 aliphatic heterocycles. The van der Waals surface area contributed by atoms with Gasteiger partial charge in [0.1, 0.15) is 17.4 Å². The lowest BCUT2D eigenvalue weighted by atomic mass is 9.68. The summed E-state index contributed by atoms with van der Waals surface area (Å²) in [6, 6.07) is 4.00. The SMILES string of the molecule is CCCCCC1CCC(c2cc(F)c(C3CCC(C4CCC(C(F)(F)Oc5cc(F)c(F)c(F)c5)CC4)CC3)c(F)c2)CC1. The van der Waals surface area contributed by atoms with Gasteiger partial charge in [-0.15, -0.1) is 0 Å². The monoisotopic (exact) mass is 626 g/mol. The van der Waals surface area contributed by atoms with Gasteiger partial charge in [0.25, 0.3) is 0 Å². The van der Waals surface area contributed by atoms with Gasteiger partial charge in [0.05, 0.1) is 5.92 Å². The number of benzene rings is 2. The van der Waals surface area contributed by atoms with E-state index in [1.807, 2.05) is 0 Å². The van der Waals surface area contributed by atoms with Gasteiger partial charge in [-0.3, -0.25) is 0 Å². The number of halogens is 7. The second-order valence-corrected chi connectivity index (χ2v) is 13.7. The molecule has 5 rings (SSSR count). The van der Waals surface area contributed by atoms with E-state index in [1.54, 1.807) is 12.1 Å². The van der Waals surface area contributed by atoms with Crippen molar-refractivity contribution in [3.05, 3.63) is 64.5 Å². The van der Waals surface area contributed by atoms with Crippen LogP contribution in [0, 0.1) is 52.8 Å². The number of unbranched alkanes of at least 4 members (excludes halogenated alkanes) is 2. The minimum Gasteiger partial charge on any atom is -0.432 e. The van der Waals surface area contributed by atoms with Crippen LogP contribution in [0.5, 0.6) is 5.75 Å². The van der Waals surface area contributed by atoms with Crippen LogP contribution in [-0.2, 0) is 0 Å². The molecule has 0 amide bonds. The lowest BCUT2D eigenvalue weighted by molar-refractivity contribution is -0.224. The minimum absolute atomic E-state index is 0.180. The zero-order chi connectivity index (χ0) is 31.4. The molecule has 0 N–H and O–H groups in total. The van der Waals surface area contributed by atoms with Gasteiger partial charge >= 0.3 is 6.11 Å².